The molecule has 0 bridgehead atoms. The van der Waals surface area contributed by atoms with E-state index in [2.05, 4.69) is 20.4 Å². The summed E-state index contributed by atoms with van der Waals surface area (Å²) in [6, 6.07) is 12.5. The van der Waals surface area contributed by atoms with Crippen LogP contribution in [0.2, 0.25) is 0 Å². The van der Waals surface area contributed by atoms with Crippen LogP contribution in [-0.2, 0) is 4.74 Å². The Hall–Kier alpha value is -3.68. The summed E-state index contributed by atoms with van der Waals surface area (Å²) >= 11 is 0. The Kier molecular flexibility index (Phi) is 4.29. The highest BCUT2D eigenvalue weighted by atomic mass is 16.5. The Bertz CT molecular complexity index is 1080. The molecule has 1 aromatic carbocycles. The molecule has 4 rings (SSSR count). The summed E-state index contributed by atoms with van der Waals surface area (Å²) in [6.45, 7) is 4.01. The van der Waals surface area contributed by atoms with Gasteiger partial charge in [-0.3, -0.25) is 0 Å². The van der Waals surface area contributed by atoms with E-state index in [9.17, 15) is 4.79 Å². The standard InChI is InChI=1S/C19H17N5O3/c1-3-26-18(25)13-6-8-14(9-7-13)21-16-11-12(2)20-19-22-17(23-24(16)19)15-5-4-10-27-15/h4-11,21H,3H2,1-2H3. The average Bonchev–Trinajstić information content (AvgIpc) is 3.32. The fourth-order valence-corrected chi connectivity index (χ4v) is 2.64. The van der Waals surface area contributed by atoms with Gasteiger partial charge < -0.3 is 14.5 Å². The van der Waals surface area contributed by atoms with Gasteiger partial charge in [-0.25, -0.2) is 9.78 Å². The van der Waals surface area contributed by atoms with E-state index in [0.29, 0.717) is 35.4 Å². The number of hydrogen-bond donors (Lipinski definition) is 1. The Balaban J connectivity index is 1.66. The minimum atomic E-state index is -0.342. The number of benzene rings is 1. The summed E-state index contributed by atoms with van der Waals surface area (Å²) in [4.78, 5) is 20.6. The van der Waals surface area contributed by atoms with E-state index in [4.69, 9.17) is 9.15 Å². The molecular weight excluding hydrogens is 346 g/mol. The number of hydrogen-bond acceptors (Lipinski definition) is 7. The Labute approximate surface area is 154 Å². The first kappa shape index (κ1) is 16.8. The van der Waals surface area contributed by atoms with Crippen LogP contribution < -0.4 is 5.32 Å². The van der Waals surface area contributed by atoms with Crippen LogP contribution in [0, 0.1) is 6.92 Å². The van der Waals surface area contributed by atoms with Crippen molar-refractivity contribution in [1.82, 2.24) is 19.6 Å². The maximum Gasteiger partial charge on any atom is 0.338 e. The van der Waals surface area contributed by atoms with Gasteiger partial charge in [-0.2, -0.15) is 9.50 Å². The van der Waals surface area contributed by atoms with Crippen LogP contribution in [0.3, 0.4) is 0 Å². The van der Waals surface area contributed by atoms with Crippen LogP contribution in [0.25, 0.3) is 17.4 Å². The monoisotopic (exact) mass is 363 g/mol. The number of aryl methyl sites for hydroxylation is 1. The summed E-state index contributed by atoms with van der Waals surface area (Å²) in [5.74, 6) is 1.85. The zero-order chi connectivity index (χ0) is 18.8. The lowest BCUT2D eigenvalue weighted by Crippen LogP contribution is -2.05. The van der Waals surface area contributed by atoms with Gasteiger partial charge in [0.05, 0.1) is 18.4 Å². The number of nitrogens with zero attached hydrogens (tertiary/aromatic N) is 4. The van der Waals surface area contributed by atoms with Crippen LogP contribution >= 0.6 is 0 Å². The molecule has 0 unspecified atom stereocenters. The average molecular weight is 363 g/mol. The lowest BCUT2D eigenvalue weighted by Gasteiger charge is -2.09. The van der Waals surface area contributed by atoms with Crippen molar-refractivity contribution in [3.63, 3.8) is 0 Å². The predicted octanol–water partition coefficient (Wildman–Crippen LogP) is 3.61. The number of ether oxygens (including phenoxy) is 1. The number of carbonyl (C=O) groups is 1. The summed E-state index contributed by atoms with van der Waals surface area (Å²) in [5.41, 5.74) is 2.09. The van der Waals surface area contributed by atoms with E-state index < -0.39 is 0 Å². The second-order valence-electron chi connectivity index (χ2n) is 5.83. The molecule has 0 saturated heterocycles. The minimum Gasteiger partial charge on any atom is -0.462 e. The lowest BCUT2D eigenvalue weighted by molar-refractivity contribution is 0.0526. The molecule has 1 N–H and O–H groups in total. The fourth-order valence-electron chi connectivity index (χ4n) is 2.64. The van der Waals surface area contributed by atoms with Crippen LogP contribution in [0.1, 0.15) is 23.0 Å². The van der Waals surface area contributed by atoms with Crippen molar-refractivity contribution in [1.29, 1.82) is 0 Å². The molecule has 0 aliphatic heterocycles. The van der Waals surface area contributed by atoms with E-state index in [1.54, 1.807) is 54.1 Å². The van der Waals surface area contributed by atoms with Gasteiger partial charge >= 0.3 is 5.97 Å². The third kappa shape index (κ3) is 3.37. The lowest BCUT2D eigenvalue weighted by atomic mass is 10.2. The number of carbonyl (C=O) groups excluding carboxylic acids is 1. The summed E-state index contributed by atoms with van der Waals surface area (Å²) < 4.78 is 12.0. The fraction of sp³-hybridized carbons (Fsp3) is 0.158. The van der Waals surface area contributed by atoms with Gasteiger partial charge in [0, 0.05) is 17.4 Å². The predicted molar refractivity (Wildman–Crippen MR) is 98.9 cm³/mol. The zero-order valence-corrected chi connectivity index (χ0v) is 14.8. The molecule has 0 fully saturated rings. The van der Waals surface area contributed by atoms with Crippen molar-refractivity contribution in [3.8, 4) is 11.6 Å². The molecule has 0 spiro atoms. The third-order valence-corrected chi connectivity index (χ3v) is 3.85. The topological polar surface area (TPSA) is 94.5 Å². The van der Waals surface area contributed by atoms with Crippen molar-refractivity contribution in [3.05, 3.63) is 60.0 Å². The normalized spacial score (nSPS) is 10.9. The smallest absolute Gasteiger partial charge is 0.338 e. The van der Waals surface area contributed by atoms with Crippen molar-refractivity contribution < 1.29 is 13.9 Å². The van der Waals surface area contributed by atoms with Crippen LogP contribution in [-0.4, -0.2) is 32.2 Å². The molecule has 0 amide bonds. The van der Waals surface area contributed by atoms with Crippen molar-refractivity contribution in [2.75, 3.05) is 11.9 Å². The van der Waals surface area contributed by atoms with Crippen molar-refractivity contribution in [2.45, 2.75) is 13.8 Å². The Morgan fingerprint density at radius 3 is 2.74 bits per heavy atom. The molecule has 27 heavy (non-hydrogen) atoms. The quantitative estimate of drug-likeness (QED) is 0.541. The number of nitrogens with one attached hydrogen (secondary N) is 1. The number of anilines is 2. The molecule has 0 saturated carbocycles. The molecule has 0 aliphatic rings. The van der Waals surface area contributed by atoms with Gasteiger partial charge in [0.15, 0.2) is 5.76 Å². The first-order chi connectivity index (χ1) is 13.1. The van der Waals surface area contributed by atoms with Gasteiger partial charge in [-0.1, -0.05) is 0 Å². The van der Waals surface area contributed by atoms with Crippen LogP contribution in [0.5, 0.6) is 0 Å². The van der Waals surface area contributed by atoms with E-state index in [1.807, 2.05) is 13.0 Å². The second kappa shape index (κ2) is 6.91. The van der Waals surface area contributed by atoms with E-state index in [0.717, 1.165) is 11.4 Å². The maximum absolute atomic E-state index is 11.8. The van der Waals surface area contributed by atoms with E-state index in [-0.39, 0.29) is 5.97 Å². The number of rotatable bonds is 5. The Morgan fingerprint density at radius 2 is 2.04 bits per heavy atom. The molecule has 4 aromatic rings. The number of esters is 1. The first-order valence-corrected chi connectivity index (χ1v) is 8.46. The number of furan rings is 1. The molecule has 8 heteroatoms. The van der Waals surface area contributed by atoms with Crippen molar-refractivity contribution >= 4 is 23.3 Å². The van der Waals surface area contributed by atoms with E-state index >= 15 is 0 Å². The number of fused-ring (bicyclic) bond motifs is 1. The highest BCUT2D eigenvalue weighted by Gasteiger charge is 2.13. The Morgan fingerprint density at radius 1 is 1.22 bits per heavy atom. The highest BCUT2D eigenvalue weighted by molar-refractivity contribution is 5.89. The third-order valence-electron chi connectivity index (χ3n) is 3.85. The molecular formula is C19H17N5O3. The van der Waals surface area contributed by atoms with Crippen LogP contribution in [0.15, 0.2) is 53.1 Å². The highest BCUT2D eigenvalue weighted by Crippen LogP contribution is 2.22. The maximum atomic E-state index is 11.8. The van der Waals surface area contributed by atoms with Gasteiger partial charge in [-0.15, -0.1) is 5.10 Å². The van der Waals surface area contributed by atoms with Gasteiger partial charge in [0.1, 0.15) is 5.82 Å². The summed E-state index contributed by atoms with van der Waals surface area (Å²) in [6.07, 6.45) is 1.57. The van der Waals surface area contributed by atoms with Gasteiger partial charge in [-0.05, 0) is 50.2 Å². The largest absolute Gasteiger partial charge is 0.462 e. The molecule has 0 atom stereocenters. The first-order valence-electron chi connectivity index (χ1n) is 8.46. The minimum absolute atomic E-state index is 0.342. The van der Waals surface area contributed by atoms with Crippen LogP contribution in [0.4, 0.5) is 11.5 Å². The molecule has 0 radical (unpaired) electrons. The summed E-state index contributed by atoms with van der Waals surface area (Å²) in [7, 11) is 0. The molecule has 0 aliphatic carbocycles. The zero-order valence-electron chi connectivity index (χ0n) is 14.8. The molecule has 8 nitrogen and oxygen atoms in total. The number of aromatic nitrogens is 4. The molecule has 3 heterocycles. The SMILES string of the molecule is CCOC(=O)c1ccc(Nc2cc(C)nc3nc(-c4ccco4)nn23)cc1. The molecule has 3 aromatic heterocycles. The molecule has 136 valence electrons. The van der Waals surface area contributed by atoms with Gasteiger partial charge in [0.25, 0.3) is 5.78 Å². The van der Waals surface area contributed by atoms with E-state index in [1.165, 1.54) is 0 Å². The van der Waals surface area contributed by atoms with Gasteiger partial charge in [0.2, 0.25) is 5.82 Å². The summed E-state index contributed by atoms with van der Waals surface area (Å²) in [5, 5.41) is 7.76. The van der Waals surface area contributed by atoms with Crippen molar-refractivity contribution in [2.24, 2.45) is 0 Å². The second-order valence-corrected chi connectivity index (χ2v) is 5.83.